The van der Waals surface area contributed by atoms with E-state index in [1.807, 2.05) is 6.07 Å². The van der Waals surface area contributed by atoms with Crippen LogP contribution in [0.4, 0.5) is 0 Å². The minimum absolute atomic E-state index is 0.0723. The summed E-state index contributed by atoms with van der Waals surface area (Å²) in [4.78, 5) is 0. The highest BCUT2D eigenvalue weighted by Crippen LogP contribution is 2.48. The zero-order chi connectivity index (χ0) is 26.4. The van der Waals surface area contributed by atoms with Crippen LogP contribution in [0, 0.1) is 5.92 Å². The molecule has 1 aliphatic carbocycles. The second-order valence-electron chi connectivity index (χ2n) is 10.9. The van der Waals surface area contributed by atoms with Gasteiger partial charge in [-0.25, -0.2) is 0 Å². The van der Waals surface area contributed by atoms with Crippen molar-refractivity contribution < 1.29 is 8.83 Å². The van der Waals surface area contributed by atoms with Crippen molar-refractivity contribution in [1.82, 2.24) is 4.57 Å². The zero-order valence-corrected chi connectivity index (χ0v) is 22.0. The summed E-state index contributed by atoms with van der Waals surface area (Å²) in [6.45, 7) is 2.28. The third-order valence-electron chi connectivity index (χ3n) is 8.73. The molecule has 0 fully saturated rings. The zero-order valence-electron chi connectivity index (χ0n) is 22.0. The second kappa shape index (κ2) is 8.00. The fourth-order valence-corrected chi connectivity index (χ4v) is 7.01. The highest BCUT2D eigenvalue weighted by atomic mass is 16.3. The predicted molar refractivity (Wildman–Crippen MR) is 164 cm³/mol. The van der Waals surface area contributed by atoms with Crippen molar-refractivity contribution >= 4 is 60.8 Å². The summed E-state index contributed by atoms with van der Waals surface area (Å²) in [5.41, 5.74) is 8.67. The maximum absolute atomic E-state index is 6.60. The fraction of sp³-hybridized carbons (Fsp3) is 0.0811. The molecule has 5 aromatic carbocycles. The number of allylic oxidation sites excluding steroid dienone is 1. The van der Waals surface area contributed by atoms with E-state index in [0.717, 1.165) is 39.0 Å². The molecule has 3 heteroatoms. The van der Waals surface area contributed by atoms with Gasteiger partial charge >= 0.3 is 0 Å². The SMILES string of the molecule is CC1C=Cc2c(oc3ccccc23)C1c1cccc2oc3cccc(-n4c5ccccc5c5ccccc54)c3c12. The lowest BCUT2D eigenvalue weighted by atomic mass is 9.78. The van der Waals surface area contributed by atoms with Crippen LogP contribution in [0.3, 0.4) is 0 Å². The van der Waals surface area contributed by atoms with Gasteiger partial charge in [-0.1, -0.05) is 91.9 Å². The molecule has 3 heterocycles. The third kappa shape index (κ3) is 2.84. The maximum atomic E-state index is 6.60. The summed E-state index contributed by atoms with van der Waals surface area (Å²) in [7, 11) is 0. The smallest absolute Gasteiger partial charge is 0.137 e. The summed E-state index contributed by atoms with van der Waals surface area (Å²) in [5, 5.41) is 5.97. The minimum Gasteiger partial charge on any atom is -0.460 e. The molecule has 1 aliphatic rings. The summed E-state index contributed by atoms with van der Waals surface area (Å²) in [6, 6.07) is 38.6. The van der Waals surface area contributed by atoms with Crippen molar-refractivity contribution in [2.24, 2.45) is 5.92 Å². The molecule has 0 N–H and O–H groups in total. The molecule has 40 heavy (non-hydrogen) atoms. The van der Waals surface area contributed by atoms with Crippen molar-refractivity contribution in [3.63, 3.8) is 0 Å². The number of benzene rings is 5. The first kappa shape index (κ1) is 21.9. The first-order valence-electron chi connectivity index (χ1n) is 13.9. The monoisotopic (exact) mass is 515 g/mol. The van der Waals surface area contributed by atoms with Crippen LogP contribution in [0.5, 0.6) is 0 Å². The molecular weight excluding hydrogens is 490 g/mol. The molecule has 2 unspecified atom stereocenters. The van der Waals surface area contributed by atoms with Crippen LogP contribution in [-0.2, 0) is 0 Å². The van der Waals surface area contributed by atoms with Gasteiger partial charge in [0, 0.05) is 33.0 Å². The lowest BCUT2D eigenvalue weighted by molar-refractivity contribution is 0.471. The predicted octanol–water partition coefficient (Wildman–Crippen LogP) is 10.2. The summed E-state index contributed by atoms with van der Waals surface area (Å²) in [5.74, 6) is 1.37. The van der Waals surface area contributed by atoms with Crippen LogP contribution in [0.25, 0.3) is 66.5 Å². The molecule has 3 nitrogen and oxygen atoms in total. The Balaban J connectivity index is 1.40. The molecule has 0 radical (unpaired) electrons. The van der Waals surface area contributed by atoms with E-state index in [1.165, 1.54) is 38.3 Å². The van der Waals surface area contributed by atoms with Crippen LogP contribution >= 0.6 is 0 Å². The van der Waals surface area contributed by atoms with Crippen LogP contribution in [0.1, 0.15) is 29.7 Å². The molecule has 8 aromatic rings. The first-order chi connectivity index (χ1) is 19.8. The Morgan fingerprint density at radius 3 is 1.98 bits per heavy atom. The van der Waals surface area contributed by atoms with Crippen LogP contribution in [0.15, 0.2) is 124 Å². The molecule has 3 aromatic heterocycles. The number of rotatable bonds is 2. The van der Waals surface area contributed by atoms with Crippen LogP contribution in [-0.4, -0.2) is 4.57 Å². The highest BCUT2D eigenvalue weighted by molar-refractivity contribution is 6.15. The Morgan fingerprint density at radius 1 is 0.575 bits per heavy atom. The van der Waals surface area contributed by atoms with Crippen molar-refractivity contribution in [2.45, 2.75) is 12.8 Å². The van der Waals surface area contributed by atoms with E-state index in [9.17, 15) is 0 Å². The molecule has 0 amide bonds. The lowest BCUT2D eigenvalue weighted by Crippen LogP contribution is -2.13. The van der Waals surface area contributed by atoms with Gasteiger partial charge in [-0.3, -0.25) is 0 Å². The largest absolute Gasteiger partial charge is 0.460 e. The molecule has 0 saturated heterocycles. The first-order valence-corrected chi connectivity index (χ1v) is 13.9. The van der Waals surface area contributed by atoms with E-state index < -0.39 is 0 Å². The highest BCUT2D eigenvalue weighted by Gasteiger charge is 2.32. The van der Waals surface area contributed by atoms with E-state index in [4.69, 9.17) is 8.83 Å². The van der Waals surface area contributed by atoms with Gasteiger partial charge in [0.15, 0.2) is 0 Å². The van der Waals surface area contributed by atoms with Crippen molar-refractivity contribution in [3.8, 4) is 5.69 Å². The number of hydrogen-bond acceptors (Lipinski definition) is 2. The van der Waals surface area contributed by atoms with E-state index >= 15 is 0 Å². The van der Waals surface area contributed by atoms with E-state index in [0.29, 0.717) is 0 Å². The Bertz CT molecular complexity index is 2260. The Kier molecular flexibility index (Phi) is 4.37. The van der Waals surface area contributed by atoms with Gasteiger partial charge in [0.1, 0.15) is 22.5 Å². The van der Waals surface area contributed by atoms with Gasteiger partial charge < -0.3 is 13.4 Å². The molecular formula is C37H25NO2. The second-order valence-corrected chi connectivity index (χ2v) is 10.9. The van der Waals surface area contributed by atoms with Gasteiger partial charge in [-0.05, 0) is 47.9 Å². The number of hydrogen-bond donors (Lipinski definition) is 0. The van der Waals surface area contributed by atoms with Gasteiger partial charge in [0.05, 0.1) is 22.1 Å². The lowest BCUT2D eigenvalue weighted by Gasteiger charge is -2.25. The Morgan fingerprint density at radius 2 is 1.20 bits per heavy atom. The minimum atomic E-state index is 0.0723. The molecule has 190 valence electrons. The van der Waals surface area contributed by atoms with Crippen molar-refractivity contribution in [1.29, 1.82) is 0 Å². The normalized spacial score (nSPS) is 17.0. The van der Waals surface area contributed by atoms with E-state index in [2.05, 4.69) is 127 Å². The summed E-state index contributed by atoms with van der Waals surface area (Å²) < 4.78 is 15.6. The number of para-hydroxylation sites is 3. The van der Waals surface area contributed by atoms with Gasteiger partial charge in [-0.2, -0.15) is 0 Å². The average molecular weight is 516 g/mol. The topological polar surface area (TPSA) is 31.2 Å². The molecule has 9 rings (SSSR count). The molecule has 0 bridgehead atoms. The number of furan rings is 2. The number of fused-ring (bicyclic) bond motifs is 9. The fourth-order valence-electron chi connectivity index (χ4n) is 7.01. The van der Waals surface area contributed by atoms with Gasteiger partial charge in [0.2, 0.25) is 0 Å². The third-order valence-corrected chi connectivity index (χ3v) is 8.73. The van der Waals surface area contributed by atoms with E-state index in [-0.39, 0.29) is 11.8 Å². The summed E-state index contributed by atoms with van der Waals surface area (Å²) >= 11 is 0. The van der Waals surface area contributed by atoms with Gasteiger partial charge in [0.25, 0.3) is 0 Å². The summed E-state index contributed by atoms with van der Waals surface area (Å²) in [6.07, 6.45) is 4.56. The Hall–Kier alpha value is -5.02. The molecule has 2 atom stereocenters. The molecule has 0 aliphatic heterocycles. The maximum Gasteiger partial charge on any atom is 0.137 e. The number of aromatic nitrogens is 1. The quantitative estimate of drug-likeness (QED) is 0.229. The van der Waals surface area contributed by atoms with Gasteiger partial charge in [-0.15, -0.1) is 0 Å². The van der Waals surface area contributed by atoms with Crippen LogP contribution < -0.4 is 0 Å². The van der Waals surface area contributed by atoms with Crippen LogP contribution in [0.2, 0.25) is 0 Å². The molecule has 0 spiro atoms. The standard InChI is InChI=1S/C37H25NO2/c1-22-20-21-26-25-12-4-7-17-31(25)40-37(26)34(22)27-13-8-18-32-35(27)36-30(16-9-19-33(36)39-32)38-28-14-5-2-10-23(28)24-11-3-6-15-29(24)38/h2-22,34H,1H3. The number of nitrogens with zero attached hydrogens (tertiary/aromatic N) is 1. The Labute approximate surface area is 230 Å². The van der Waals surface area contributed by atoms with E-state index in [1.54, 1.807) is 0 Å². The molecule has 0 saturated carbocycles. The van der Waals surface area contributed by atoms with Crippen molar-refractivity contribution in [2.75, 3.05) is 0 Å². The van der Waals surface area contributed by atoms with Crippen molar-refractivity contribution in [3.05, 3.63) is 132 Å². The average Bonchev–Trinajstić information content (AvgIpc) is 3.66.